The fourth-order valence-corrected chi connectivity index (χ4v) is 3.46. The summed E-state index contributed by atoms with van der Waals surface area (Å²) in [6.45, 7) is 0.943. The van der Waals surface area contributed by atoms with Crippen molar-refractivity contribution >= 4 is 21.8 Å². The van der Waals surface area contributed by atoms with Gasteiger partial charge in [0.25, 0.3) is 0 Å². The van der Waals surface area contributed by atoms with E-state index in [0.717, 1.165) is 36.7 Å². The van der Waals surface area contributed by atoms with Gasteiger partial charge in [-0.1, -0.05) is 22.0 Å². The molecule has 2 aliphatic heterocycles. The minimum atomic E-state index is 0.339. The van der Waals surface area contributed by atoms with Gasteiger partial charge in [-0.2, -0.15) is 0 Å². The highest BCUT2D eigenvalue weighted by Crippen LogP contribution is 2.37. The quantitative estimate of drug-likeness (QED) is 0.717. The summed E-state index contributed by atoms with van der Waals surface area (Å²) in [5.41, 5.74) is 2.79. The molecule has 0 bridgehead atoms. The van der Waals surface area contributed by atoms with E-state index in [4.69, 9.17) is 0 Å². The number of hydrogen-bond donors (Lipinski definition) is 0. The third-order valence-corrected chi connectivity index (χ3v) is 4.38. The third-order valence-electron chi connectivity index (χ3n) is 3.89. The average molecular weight is 294 g/mol. The van der Waals surface area contributed by atoms with E-state index in [1.807, 2.05) is 0 Å². The summed E-state index contributed by atoms with van der Waals surface area (Å²) in [6, 6.07) is 6.86. The van der Waals surface area contributed by atoms with E-state index in [9.17, 15) is 4.79 Å². The number of nitrogens with zero attached hydrogens (tertiary/aromatic N) is 1. The summed E-state index contributed by atoms with van der Waals surface area (Å²) in [7, 11) is 0. The number of rotatable bonds is 0. The molecular weight excluding hydrogens is 278 g/mol. The molecule has 3 heteroatoms. The molecule has 1 unspecified atom stereocenters. The van der Waals surface area contributed by atoms with Crippen LogP contribution < -0.4 is 0 Å². The summed E-state index contributed by atoms with van der Waals surface area (Å²) in [5.74, 6) is 0.339. The fourth-order valence-electron chi connectivity index (χ4n) is 3.05. The molecule has 1 aromatic carbocycles. The second-order valence-corrected chi connectivity index (χ2v) is 5.86. The van der Waals surface area contributed by atoms with Gasteiger partial charge in [0.1, 0.15) is 0 Å². The maximum absolute atomic E-state index is 11.9. The molecule has 1 amide bonds. The monoisotopic (exact) mass is 293 g/mol. The van der Waals surface area contributed by atoms with Crippen molar-refractivity contribution in [2.45, 2.75) is 38.1 Å². The second kappa shape index (κ2) is 4.45. The van der Waals surface area contributed by atoms with Gasteiger partial charge >= 0.3 is 0 Å². The smallest absolute Gasteiger partial charge is 0.223 e. The standard InChI is InChI=1S/C14H16BrNO/c15-11-4-5-12-10(9-11)3-1-2-8-16-13(12)6-7-14(16)17/h4-5,9,13H,1-3,6-8H2. The van der Waals surface area contributed by atoms with E-state index in [1.165, 1.54) is 17.5 Å². The SMILES string of the molecule is O=C1CCC2c3ccc(Br)cc3CCCCN12. The highest BCUT2D eigenvalue weighted by Gasteiger charge is 2.33. The van der Waals surface area contributed by atoms with Crippen LogP contribution in [0.3, 0.4) is 0 Å². The van der Waals surface area contributed by atoms with E-state index >= 15 is 0 Å². The van der Waals surface area contributed by atoms with Crippen molar-refractivity contribution in [1.29, 1.82) is 0 Å². The Bertz CT molecular complexity index is 458. The molecular formula is C14H16BrNO. The van der Waals surface area contributed by atoms with Crippen LogP contribution in [0.5, 0.6) is 0 Å². The zero-order chi connectivity index (χ0) is 11.8. The number of benzene rings is 1. The Kier molecular flexibility index (Phi) is 2.95. The van der Waals surface area contributed by atoms with Crippen molar-refractivity contribution < 1.29 is 4.79 Å². The number of fused-ring (bicyclic) bond motifs is 3. The van der Waals surface area contributed by atoms with E-state index in [-0.39, 0.29) is 0 Å². The van der Waals surface area contributed by atoms with Gasteiger partial charge in [-0.15, -0.1) is 0 Å². The number of aryl methyl sites for hydroxylation is 1. The summed E-state index contributed by atoms with van der Waals surface area (Å²) >= 11 is 3.54. The van der Waals surface area contributed by atoms with Crippen molar-refractivity contribution in [1.82, 2.24) is 4.90 Å². The zero-order valence-electron chi connectivity index (χ0n) is 9.79. The second-order valence-electron chi connectivity index (χ2n) is 4.94. The number of carbonyl (C=O) groups is 1. The number of hydrogen-bond acceptors (Lipinski definition) is 1. The van der Waals surface area contributed by atoms with E-state index < -0.39 is 0 Å². The molecule has 2 aliphatic rings. The molecule has 0 aromatic heterocycles. The maximum atomic E-state index is 11.9. The molecule has 0 aliphatic carbocycles. The zero-order valence-corrected chi connectivity index (χ0v) is 11.4. The Morgan fingerprint density at radius 2 is 2.12 bits per heavy atom. The molecule has 1 aromatic rings. The Morgan fingerprint density at radius 1 is 1.24 bits per heavy atom. The van der Waals surface area contributed by atoms with Gasteiger partial charge in [0.2, 0.25) is 5.91 Å². The lowest BCUT2D eigenvalue weighted by Gasteiger charge is -2.29. The van der Waals surface area contributed by atoms with Crippen molar-refractivity contribution in [2.24, 2.45) is 0 Å². The van der Waals surface area contributed by atoms with Crippen LogP contribution in [0.4, 0.5) is 0 Å². The molecule has 17 heavy (non-hydrogen) atoms. The fraction of sp³-hybridized carbons (Fsp3) is 0.500. The van der Waals surface area contributed by atoms with Gasteiger partial charge in [0, 0.05) is 17.4 Å². The molecule has 0 saturated carbocycles. The predicted molar refractivity (Wildman–Crippen MR) is 70.8 cm³/mol. The van der Waals surface area contributed by atoms with Gasteiger partial charge in [-0.3, -0.25) is 4.79 Å². The summed E-state index contributed by atoms with van der Waals surface area (Å²) < 4.78 is 1.15. The summed E-state index contributed by atoms with van der Waals surface area (Å²) in [6.07, 6.45) is 5.18. The van der Waals surface area contributed by atoms with E-state index in [1.54, 1.807) is 0 Å². The predicted octanol–water partition coefficient (Wildman–Crippen LogP) is 3.45. The molecule has 1 atom stereocenters. The Morgan fingerprint density at radius 3 is 3.00 bits per heavy atom. The van der Waals surface area contributed by atoms with Crippen LogP contribution in [0.1, 0.15) is 42.9 Å². The number of carbonyl (C=O) groups excluding carboxylic acids is 1. The Hall–Kier alpha value is -0.830. The summed E-state index contributed by atoms with van der Waals surface area (Å²) in [4.78, 5) is 14.0. The molecule has 2 heterocycles. The van der Waals surface area contributed by atoms with Crippen LogP contribution in [0.15, 0.2) is 22.7 Å². The van der Waals surface area contributed by atoms with Crippen LogP contribution in [-0.2, 0) is 11.2 Å². The lowest BCUT2D eigenvalue weighted by molar-refractivity contribution is -0.129. The minimum absolute atomic E-state index is 0.339. The van der Waals surface area contributed by atoms with E-state index in [2.05, 4.69) is 39.0 Å². The molecule has 1 fully saturated rings. The molecule has 90 valence electrons. The van der Waals surface area contributed by atoms with Crippen molar-refractivity contribution in [3.05, 3.63) is 33.8 Å². The van der Waals surface area contributed by atoms with Crippen LogP contribution in [0, 0.1) is 0 Å². The third kappa shape index (κ3) is 2.01. The van der Waals surface area contributed by atoms with Crippen LogP contribution in [0.25, 0.3) is 0 Å². The highest BCUT2D eigenvalue weighted by molar-refractivity contribution is 9.10. The normalized spacial score (nSPS) is 23.9. The van der Waals surface area contributed by atoms with Crippen molar-refractivity contribution in [3.63, 3.8) is 0 Å². The Balaban J connectivity index is 2.04. The van der Waals surface area contributed by atoms with Crippen LogP contribution in [-0.4, -0.2) is 17.4 Å². The van der Waals surface area contributed by atoms with Crippen LogP contribution in [0.2, 0.25) is 0 Å². The van der Waals surface area contributed by atoms with Crippen LogP contribution >= 0.6 is 15.9 Å². The first-order valence-electron chi connectivity index (χ1n) is 6.33. The molecule has 3 rings (SSSR count). The lowest BCUT2D eigenvalue weighted by atomic mass is 9.93. The van der Waals surface area contributed by atoms with Crippen molar-refractivity contribution in [3.8, 4) is 0 Å². The minimum Gasteiger partial charge on any atom is -0.336 e. The Labute approximate surface area is 110 Å². The maximum Gasteiger partial charge on any atom is 0.223 e. The molecule has 2 nitrogen and oxygen atoms in total. The lowest BCUT2D eigenvalue weighted by Crippen LogP contribution is -2.30. The molecule has 0 N–H and O–H groups in total. The van der Waals surface area contributed by atoms with Gasteiger partial charge < -0.3 is 4.90 Å². The molecule has 0 radical (unpaired) electrons. The molecule has 0 spiro atoms. The van der Waals surface area contributed by atoms with Gasteiger partial charge in [-0.25, -0.2) is 0 Å². The van der Waals surface area contributed by atoms with Gasteiger partial charge in [-0.05, 0) is 48.9 Å². The van der Waals surface area contributed by atoms with Gasteiger partial charge in [0.15, 0.2) is 0 Å². The van der Waals surface area contributed by atoms with Crippen molar-refractivity contribution in [2.75, 3.05) is 6.54 Å². The highest BCUT2D eigenvalue weighted by atomic mass is 79.9. The first-order valence-corrected chi connectivity index (χ1v) is 7.13. The summed E-state index contributed by atoms with van der Waals surface area (Å²) in [5, 5.41) is 0. The van der Waals surface area contributed by atoms with Gasteiger partial charge in [0.05, 0.1) is 6.04 Å². The first-order chi connectivity index (χ1) is 8.25. The topological polar surface area (TPSA) is 20.3 Å². The van der Waals surface area contributed by atoms with E-state index in [0.29, 0.717) is 11.9 Å². The first kappa shape index (κ1) is 11.3. The largest absolute Gasteiger partial charge is 0.336 e. The molecule has 1 saturated heterocycles. The average Bonchev–Trinajstić information content (AvgIpc) is 2.63. The number of halogens is 1. The number of amides is 1.